The Balaban J connectivity index is 1.20. The van der Waals surface area contributed by atoms with Gasteiger partial charge in [0, 0.05) is 36.9 Å². The molecule has 10 aromatic rings. The van der Waals surface area contributed by atoms with E-state index in [1.54, 1.807) is 0 Å². The number of thiophene rings is 1. The van der Waals surface area contributed by atoms with E-state index in [1.165, 1.54) is 58.1 Å². The zero-order valence-corrected chi connectivity index (χ0v) is 26.0. The molecule has 0 aliphatic heterocycles. The van der Waals surface area contributed by atoms with Crippen LogP contribution in [0, 0.1) is 0 Å². The van der Waals surface area contributed by atoms with Crippen molar-refractivity contribution < 1.29 is 0 Å². The van der Waals surface area contributed by atoms with Crippen molar-refractivity contribution in [3.63, 3.8) is 0 Å². The van der Waals surface area contributed by atoms with Crippen LogP contribution in [0.15, 0.2) is 152 Å². The lowest BCUT2D eigenvalue weighted by Crippen LogP contribution is -2.00. The summed E-state index contributed by atoms with van der Waals surface area (Å²) in [5.41, 5.74) is 5.26. The molecule has 0 amide bonds. The van der Waals surface area contributed by atoms with Crippen LogP contribution in [0.4, 0.5) is 0 Å². The average molecular weight is 616 g/mol. The third-order valence-electron chi connectivity index (χ3n) is 9.27. The predicted octanol–water partition coefficient (Wildman–Crippen LogP) is 11.8. The van der Waals surface area contributed by atoms with Crippen molar-refractivity contribution in [2.24, 2.45) is 0 Å². The highest BCUT2D eigenvalue weighted by molar-refractivity contribution is 7.26. The van der Waals surface area contributed by atoms with Crippen molar-refractivity contribution in [2.75, 3.05) is 0 Å². The zero-order valence-electron chi connectivity index (χ0n) is 25.2. The predicted molar refractivity (Wildman–Crippen MR) is 198 cm³/mol. The second-order valence-electron chi connectivity index (χ2n) is 12.0. The van der Waals surface area contributed by atoms with E-state index in [-0.39, 0.29) is 0 Å². The minimum absolute atomic E-state index is 0.660. The molecule has 2 heterocycles. The highest BCUT2D eigenvalue weighted by Crippen LogP contribution is 2.49. The molecule has 0 fully saturated rings. The van der Waals surface area contributed by atoms with E-state index in [4.69, 9.17) is 15.0 Å². The minimum atomic E-state index is 0.660. The number of hydrogen-bond donors (Lipinski definition) is 0. The van der Waals surface area contributed by atoms with Gasteiger partial charge in [0.25, 0.3) is 0 Å². The quantitative estimate of drug-likeness (QED) is 0.185. The van der Waals surface area contributed by atoms with Crippen LogP contribution >= 0.6 is 11.3 Å². The number of hydrogen-bond acceptors (Lipinski definition) is 4. The number of nitrogens with zero attached hydrogens (tertiary/aromatic N) is 3. The molecular formula is C43H25N3S. The van der Waals surface area contributed by atoms with Crippen LogP contribution in [-0.4, -0.2) is 15.0 Å². The van der Waals surface area contributed by atoms with E-state index in [1.807, 2.05) is 72.0 Å². The number of rotatable bonds is 4. The van der Waals surface area contributed by atoms with E-state index in [0.717, 1.165) is 22.3 Å². The monoisotopic (exact) mass is 615 g/mol. The van der Waals surface area contributed by atoms with Gasteiger partial charge in [0.05, 0.1) is 0 Å². The third-order valence-corrected chi connectivity index (χ3v) is 10.5. The van der Waals surface area contributed by atoms with Gasteiger partial charge in [-0.15, -0.1) is 11.3 Å². The Hall–Kier alpha value is -5.97. The van der Waals surface area contributed by atoms with Crippen molar-refractivity contribution in [1.82, 2.24) is 15.0 Å². The lowest BCUT2D eigenvalue weighted by molar-refractivity contribution is 1.07. The molecule has 0 atom stereocenters. The van der Waals surface area contributed by atoms with E-state index in [0.29, 0.717) is 17.5 Å². The van der Waals surface area contributed by atoms with Gasteiger partial charge in [0.1, 0.15) is 0 Å². The van der Waals surface area contributed by atoms with E-state index in [9.17, 15) is 0 Å². The molecule has 3 nitrogen and oxygen atoms in total. The normalized spacial score (nSPS) is 11.8. The molecule has 0 saturated carbocycles. The smallest absolute Gasteiger partial charge is 0.164 e. The average Bonchev–Trinajstić information content (AvgIpc) is 3.55. The maximum atomic E-state index is 5.00. The fraction of sp³-hybridized carbons (Fsp3) is 0. The molecule has 4 heteroatoms. The fourth-order valence-electron chi connectivity index (χ4n) is 7.13. The zero-order chi connectivity index (χ0) is 30.9. The summed E-state index contributed by atoms with van der Waals surface area (Å²) in [4.78, 5) is 14.9. The second kappa shape index (κ2) is 10.3. The fourth-order valence-corrected chi connectivity index (χ4v) is 8.42. The maximum Gasteiger partial charge on any atom is 0.164 e. The number of fused-ring (bicyclic) bond motifs is 5. The number of benzene rings is 8. The SMILES string of the molecule is c1ccc(-c2nc(-c3ccccc3)nc(-c3cccc(-c4ccc5c6c7ccccc7ccc6c6cccc7sc4c5c76)c3)n2)cc1. The van der Waals surface area contributed by atoms with E-state index < -0.39 is 0 Å². The van der Waals surface area contributed by atoms with Crippen LogP contribution in [0.2, 0.25) is 0 Å². The second-order valence-corrected chi connectivity index (χ2v) is 13.0. The first-order valence-corrected chi connectivity index (χ1v) is 16.6. The highest BCUT2D eigenvalue weighted by Gasteiger charge is 2.20. The first-order valence-electron chi connectivity index (χ1n) is 15.8. The summed E-state index contributed by atoms with van der Waals surface area (Å²) in [6.45, 7) is 0. The van der Waals surface area contributed by atoms with Gasteiger partial charge in [-0.25, -0.2) is 15.0 Å². The van der Waals surface area contributed by atoms with E-state index >= 15 is 0 Å². The molecule has 0 N–H and O–H groups in total. The van der Waals surface area contributed by atoms with Gasteiger partial charge in [-0.05, 0) is 55.6 Å². The summed E-state index contributed by atoms with van der Waals surface area (Å²) in [6, 6.07) is 53.6. The Kier molecular flexibility index (Phi) is 5.74. The maximum absolute atomic E-state index is 5.00. The molecule has 0 aliphatic rings. The molecule has 47 heavy (non-hydrogen) atoms. The summed E-state index contributed by atoms with van der Waals surface area (Å²) in [6.07, 6.45) is 0. The molecule has 2 aromatic heterocycles. The molecule has 0 unspecified atom stereocenters. The largest absolute Gasteiger partial charge is 0.208 e. The van der Waals surface area contributed by atoms with Crippen LogP contribution in [-0.2, 0) is 0 Å². The van der Waals surface area contributed by atoms with Crippen molar-refractivity contribution in [1.29, 1.82) is 0 Å². The van der Waals surface area contributed by atoms with Crippen molar-refractivity contribution in [2.45, 2.75) is 0 Å². The molecule has 0 saturated heterocycles. The Morgan fingerprint density at radius 3 is 1.70 bits per heavy atom. The van der Waals surface area contributed by atoms with Gasteiger partial charge >= 0.3 is 0 Å². The van der Waals surface area contributed by atoms with Gasteiger partial charge in [0.15, 0.2) is 17.5 Å². The topological polar surface area (TPSA) is 38.7 Å². The van der Waals surface area contributed by atoms with Crippen molar-refractivity contribution in [3.05, 3.63) is 152 Å². The van der Waals surface area contributed by atoms with E-state index in [2.05, 4.69) is 91.0 Å². The van der Waals surface area contributed by atoms with Crippen LogP contribution in [0.3, 0.4) is 0 Å². The minimum Gasteiger partial charge on any atom is -0.208 e. The summed E-state index contributed by atoms with van der Waals surface area (Å²) in [5.74, 6) is 1.99. The molecular weight excluding hydrogens is 591 g/mol. The first-order chi connectivity index (χ1) is 23.3. The van der Waals surface area contributed by atoms with Crippen LogP contribution in [0.5, 0.6) is 0 Å². The van der Waals surface area contributed by atoms with Gasteiger partial charge in [-0.3, -0.25) is 0 Å². The Bertz CT molecular complexity index is 2730. The molecule has 0 spiro atoms. The molecule has 0 aliphatic carbocycles. The Labute approximate surface area is 274 Å². The lowest BCUT2D eigenvalue weighted by atomic mass is 9.89. The summed E-state index contributed by atoms with van der Waals surface area (Å²) in [7, 11) is 0. The Morgan fingerprint density at radius 2 is 0.936 bits per heavy atom. The lowest BCUT2D eigenvalue weighted by Gasteiger charge is -2.14. The molecule has 0 bridgehead atoms. The Morgan fingerprint density at radius 1 is 0.362 bits per heavy atom. The summed E-state index contributed by atoms with van der Waals surface area (Å²) in [5, 5.41) is 10.6. The molecule has 0 radical (unpaired) electrons. The summed E-state index contributed by atoms with van der Waals surface area (Å²) >= 11 is 1.89. The molecule has 10 rings (SSSR count). The van der Waals surface area contributed by atoms with Gasteiger partial charge in [-0.1, -0.05) is 140 Å². The first kappa shape index (κ1) is 26.3. The molecule has 218 valence electrons. The third kappa shape index (κ3) is 4.09. The van der Waals surface area contributed by atoms with Gasteiger partial charge < -0.3 is 0 Å². The summed E-state index contributed by atoms with van der Waals surface area (Å²) < 4.78 is 2.63. The highest BCUT2D eigenvalue weighted by atomic mass is 32.1. The van der Waals surface area contributed by atoms with Crippen LogP contribution in [0.25, 0.3) is 97.8 Å². The van der Waals surface area contributed by atoms with Crippen LogP contribution in [0.1, 0.15) is 0 Å². The van der Waals surface area contributed by atoms with Crippen LogP contribution < -0.4 is 0 Å². The van der Waals surface area contributed by atoms with Crippen molar-refractivity contribution >= 4 is 63.8 Å². The standard InChI is InChI=1S/C43H25N3S/c1-3-12-27(13-4-1)41-44-42(28-14-5-2-6-15-28)46-43(45-41)30-17-9-16-29(25-30)32-23-24-35-37-31-18-8-7-11-26(31)21-22-34(37)33-19-10-20-36-38(33)39(35)40(32)47-36/h1-25H. The number of aromatic nitrogens is 3. The molecule has 8 aromatic carbocycles. The van der Waals surface area contributed by atoms with Gasteiger partial charge in [0.2, 0.25) is 0 Å². The van der Waals surface area contributed by atoms with Gasteiger partial charge in [-0.2, -0.15) is 0 Å². The van der Waals surface area contributed by atoms with Crippen molar-refractivity contribution in [3.8, 4) is 45.3 Å².